The van der Waals surface area contributed by atoms with Crippen LogP contribution in [-0.4, -0.2) is 18.7 Å². The fourth-order valence-electron chi connectivity index (χ4n) is 2.61. The maximum Gasteiger partial charge on any atom is 0.189 e. The van der Waals surface area contributed by atoms with Crippen molar-refractivity contribution in [2.45, 2.75) is 19.8 Å². The first kappa shape index (κ1) is 21.3. The highest BCUT2D eigenvalue weighted by Crippen LogP contribution is 2.36. The maximum absolute atomic E-state index is 9.53. The Morgan fingerprint density at radius 1 is 0.655 bits per heavy atom. The van der Waals surface area contributed by atoms with Crippen LogP contribution >= 0.6 is 15.9 Å². The zero-order chi connectivity index (χ0) is 20.3. The van der Waals surface area contributed by atoms with Gasteiger partial charge < -0.3 is 24.1 Å². The highest BCUT2D eigenvalue weighted by Gasteiger charge is 2.12. The first-order chi connectivity index (χ1) is 14.3. The second-order valence-electron chi connectivity index (χ2n) is 6.26. The molecular weight excluding hydrogens is 436 g/mol. The van der Waals surface area contributed by atoms with Crippen molar-refractivity contribution in [3.8, 4) is 11.5 Å². The number of hydrogen-bond acceptors (Lipinski definition) is 5. The summed E-state index contributed by atoms with van der Waals surface area (Å²) in [6.45, 7) is 0.929. The first-order valence-electron chi connectivity index (χ1n) is 9.18. The fourth-order valence-corrected chi connectivity index (χ4v) is 3.06. The molecule has 0 spiro atoms. The molecule has 152 valence electrons. The lowest BCUT2D eigenvalue weighted by molar-refractivity contribution is 0.000147. The monoisotopic (exact) mass is 458 g/mol. The molecule has 0 amide bonds. The summed E-state index contributed by atoms with van der Waals surface area (Å²) < 4.78 is 23.2. The van der Waals surface area contributed by atoms with Crippen LogP contribution in [0.15, 0.2) is 77.3 Å². The number of hydrogen-bond donors (Lipinski definition) is 1. The predicted molar refractivity (Wildman–Crippen MR) is 114 cm³/mol. The molecule has 0 saturated heterocycles. The summed E-state index contributed by atoms with van der Waals surface area (Å²) in [5.41, 5.74) is 2.81. The third-order valence-corrected chi connectivity index (χ3v) is 4.85. The molecule has 3 aromatic carbocycles. The topological polar surface area (TPSA) is 57.2 Å². The Morgan fingerprint density at radius 3 is 1.52 bits per heavy atom. The first-order valence-corrected chi connectivity index (χ1v) is 9.98. The summed E-state index contributed by atoms with van der Waals surface area (Å²) in [4.78, 5) is 0. The van der Waals surface area contributed by atoms with Crippen molar-refractivity contribution in [1.29, 1.82) is 0 Å². The second kappa shape index (κ2) is 11.6. The number of benzene rings is 3. The van der Waals surface area contributed by atoms with E-state index in [9.17, 15) is 5.11 Å². The summed E-state index contributed by atoms with van der Waals surface area (Å²) in [5, 5.41) is 9.53. The van der Waals surface area contributed by atoms with Crippen LogP contribution in [0.3, 0.4) is 0 Å². The summed E-state index contributed by atoms with van der Waals surface area (Å²) in [5.74, 6) is 1.06. The van der Waals surface area contributed by atoms with Gasteiger partial charge in [-0.1, -0.05) is 60.7 Å². The van der Waals surface area contributed by atoms with E-state index >= 15 is 0 Å². The Morgan fingerprint density at radius 2 is 1.10 bits per heavy atom. The normalized spacial score (nSPS) is 10.7. The third kappa shape index (κ3) is 6.87. The van der Waals surface area contributed by atoms with Crippen molar-refractivity contribution in [3.05, 3.63) is 94.0 Å². The summed E-state index contributed by atoms with van der Waals surface area (Å²) >= 11 is 3.50. The number of halogens is 1. The molecule has 0 aromatic heterocycles. The Bertz CT molecular complexity index is 802. The second-order valence-corrected chi connectivity index (χ2v) is 7.05. The Labute approximate surface area is 178 Å². The molecule has 0 saturated carbocycles. The van der Waals surface area contributed by atoms with E-state index in [0.717, 1.165) is 11.1 Å². The van der Waals surface area contributed by atoms with E-state index in [1.165, 1.54) is 0 Å². The van der Waals surface area contributed by atoms with E-state index in [1.54, 1.807) is 12.1 Å². The van der Waals surface area contributed by atoms with Gasteiger partial charge in [-0.05, 0) is 44.8 Å². The Kier molecular flexibility index (Phi) is 8.52. The average molecular weight is 459 g/mol. The van der Waals surface area contributed by atoms with Gasteiger partial charge in [-0.3, -0.25) is 0 Å². The summed E-state index contributed by atoms with van der Waals surface area (Å²) in [7, 11) is 0. The van der Waals surface area contributed by atoms with Crippen LogP contribution in [-0.2, 0) is 29.3 Å². The number of rotatable bonds is 11. The standard InChI is InChI=1S/C23H23BrO5/c24-23-21(28-16-26-14-18-7-3-1-4-8-18)11-20(13-25)12-22(23)29-17-27-15-19-9-5-2-6-10-19/h1-12,25H,13-17H2. The van der Waals surface area contributed by atoms with E-state index in [-0.39, 0.29) is 20.2 Å². The van der Waals surface area contributed by atoms with Gasteiger partial charge in [0.15, 0.2) is 13.6 Å². The molecule has 1 N–H and O–H groups in total. The van der Waals surface area contributed by atoms with Crippen molar-refractivity contribution < 1.29 is 24.1 Å². The zero-order valence-corrected chi connectivity index (χ0v) is 17.5. The van der Waals surface area contributed by atoms with Gasteiger partial charge in [-0.2, -0.15) is 0 Å². The molecule has 0 aliphatic carbocycles. The molecule has 29 heavy (non-hydrogen) atoms. The number of ether oxygens (including phenoxy) is 4. The van der Waals surface area contributed by atoms with E-state index in [2.05, 4.69) is 15.9 Å². The molecule has 5 nitrogen and oxygen atoms in total. The lowest BCUT2D eigenvalue weighted by atomic mass is 10.2. The molecular formula is C23H23BrO5. The minimum Gasteiger partial charge on any atom is -0.466 e. The molecule has 0 radical (unpaired) electrons. The average Bonchev–Trinajstić information content (AvgIpc) is 2.77. The van der Waals surface area contributed by atoms with Crippen LogP contribution in [0, 0.1) is 0 Å². The van der Waals surface area contributed by atoms with Crippen LogP contribution in [0.5, 0.6) is 11.5 Å². The van der Waals surface area contributed by atoms with Crippen LogP contribution < -0.4 is 9.47 Å². The highest BCUT2D eigenvalue weighted by molar-refractivity contribution is 9.10. The van der Waals surface area contributed by atoms with Crippen molar-refractivity contribution in [2.75, 3.05) is 13.6 Å². The Balaban J connectivity index is 1.52. The molecule has 0 atom stereocenters. The molecule has 0 unspecified atom stereocenters. The van der Waals surface area contributed by atoms with E-state index in [0.29, 0.717) is 34.7 Å². The van der Waals surface area contributed by atoms with Gasteiger partial charge in [0, 0.05) is 0 Å². The molecule has 0 bridgehead atoms. The zero-order valence-electron chi connectivity index (χ0n) is 15.9. The SMILES string of the molecule is OCc1cc(OCOCc2ccccc2)c(Br)c(OCOCc2ccccc2)c1. The van der Waals surface area contributed by atoms with Crippen molar-refractivity contribution in [1.82, 2.24) is 0 Å². The summed E-state index contributed by atoms with van der Waals surface area (Å²) in [6, 6.07) is 23.2. The Hall–Kier alpha value is -2.38. The predicted octanol–water partition coefficient (Wildman–Crippen LogP) is 5.05. The van der Waals surface area contributed by atoms with Gasteiger partial charge in [0.2, 0.25) is 0 Å². The smallest absolute Gasteiger partial charge is 0.189 e. The molecule has 0 aliphatic heterocycles. The van der Waals surface area contributed by atoms with Crippen molar-refractivity contribution in [2.24, 2.45) is 0 Å². The fraction of sp³-hybridized carbons (Fsp3) is 0.217. The third-order valence-electron chi connectivity index (χ3n) is 4.07. The van der Waals surface area contributed by atoms with E-state index < -0.39 is 0 Å². The summed E-state index contributed by atoms with van der Waals surface area (Å²) in [6.07, 6.45) is 0. The van der Waals surface area contributed by atoms with Gasteiger partial charge in [-0.25, -0.2) is 0 Å². The minimum atomic E-state index is -0.129. The van der Waals surface area contributed by atoms with Crippen LogP contribution in [0.4, 0.5) is 0 Å². The van der Waals surface area contributed by atoms with Gasteiger partial charge >= 0.3 is 0 Å². The largest absolute Gasteiger partial charge is 0.466 e. The number of aliphatic hydroxyl groups is 1. The molecule has 3 aromatic rings. The van der Waals surface area contributed by atoms with Crippen molar-refractivity contribution in [3.63, 3.8) is 0 Å². The van der Waals surface area contributed by atoms with Crippen LogP contribution in [0.2, 0.25) is 0 Å². The minimum absolute atomic E-state index is 0.0757. The lowest BCUT2D eigenvalue weighted by Crippen LogP contribution is -2.07. The molecule has 0 fully saturated rings. The van der Waals surface area contributed by atoms with Crippen LogP contribution in [0.25, 0.3) is 0 Å². The van der Waals surface area contributed by atoms with Crippen molar-refractivity contribution >= 4 is 15.9 Å². The van der Waals surface area contributed by atoms with Gasteiger partial charge in [-0.15, -0.1) is 0 Å². The van der Waals surface area contributed by atoms with Crippen LogP contribution in [0.1, 0.15) is 16.7 Å². The van der Waals surface area contributed by atoms with Gasteiger partial charge in [0.05, 0.1) is 19.8 Å². The number of aliphatic hydroxyl groups excluding tert-OH is 1. The molecule has 0 aliphatic rings. The lowest BCUT2D eigenvalue weighted by Gasteiger charge is -2.15. The maximum atomic E-state index is 9.53. The van der Waals surface area contributed by atoms with Gasteiger partial charge in [0.25, 0.3) is 0 Å². The quantitative estimate of drug-likeness (QED) is 0.321. The van der Waals surface area contributed by atoms with E-state index in [1.807, 2.05) is 60.7 Å². The molecule has 6 heteroatoms. The molecule has 3 rings (SSSR count). The highest BCUT2D eigenvalue weighted by atomic mass is 79.9. The molecule has 0 heterocycles. The van der Waals surface area contributed by atoms with E-state index in [4.69, 9.17) is 18.9 Å². The van der Waals surface area contributed by atoms with Gasteiger partial charge in [0.1, 0.15) is 16.0 Å².